The van der Waals surface area contributed by atoms with Crippen LogP contribution >= 0.6 is 0 Å². The van der Waals surface area contributed by atoms with Crippen molar-refractivity contribution in [2.45, 2.75) is 26.4 Å². The molecule has 1 aromatic rings. The minimum Gasteiger partial charge on any atom is -0.490 e. The molecule has 0 atom stereocenters. The largest absolute Gasteiger partial charge is 0.490 e. The van der Waals surface area contributed by atoms with Crippen LogP contribution in [0.5, 0.6) is 5.75 Å². The molecular formula is C12H16N2O5. The summed E-state index contributed by atoms with van der Waals surface area (Å²) < 4.78 is 4.88. The zero-order valence-corrected chi connectivity index (χ0v) is 11.2. The summed E-state index contributed by atoms with van der Waals surface area (Å²) >= 11 is 0. The van der Waals surface area contributed by atoms with E-state index in [0.29, 0.717) is 0 Å². The van der Waals surface area contributed by atoms with Crippen molar-refractivity contribution < 1.29 is 19.3 Å². The van der Waals surface area contributed by atoms with Crippen LogP contribution in [-0.4, -0.2) is 23.5 Å². The lowest BCUT2D eigenvalue weighted by Crippen LogP contribution is -2.33. The van der Waals surface area contributed by atoms with Gasteiger partial charge >= 0.3 is 5.69 Å². The molecule has 0 bridgehead atoms. The average molecular weight is 268 g/mol. The van der Waals surface area contributed by atoms with Gasteiger partial charge in [0.25, 0.3) is 5.91 Å². The van der Waals surface area contributed by atoms with Gasteiger partial charge in [0.1, 0.15) is 0 Å². The molecule has 0 saturated carbocycles. The number of hydrogen-bond donors (Lipinski definition) is 1. The van der Waals surface area contributed by atoms with Gasteiger partial charge in [0, 0.05) is 17.7 Å². The van der Waals surface area contributed by atoms with Crippen molar-refractivity contribution in [3.63, 3.8) is 0 Å². The highest BCUT2D eigenvalue weighted by Crippen LogP contribution is 2.27. The van der Waals surface area contributed by atoms with Gasteiger partial charge in [-0.05, 0) is 26.8 Å². The molecule has 0 radical (unpaired) electrons. The molecule has 0 aliphatic rings. The van der Waals surface area contributed by atoms with Crippen LogP contribution in [0.25, 0.3) is 0 Å². The maximum Gasteiger partial charge on any atom is 0.310 e. The molecule has 0 unspecified atom stereocenters. The van der Waals surface area contributed by atoms with Crippen molar-refractivity contribution in [1.29, 1.82) is 0 Å². The Morgan fingerprint density at radius 2 is 2.00 bits per heavy atom. The van der Waals surface area contributed by atoms with E-state index < -0.39 is 16.4 Å². The van der Waals surface area contributed by atoms with Crippen molar-refractivity contribution >= 4 is 11.6 Å². The Morgan fingerprint density at radius 3 is 2.47 bits per heavy atom. The number of carbonyl (C=O) groups is 1. The molecule has 0 aliphatic heterocycles. The fraction of sp³-hybridized carbons (Fsp3) is 0.417. The smallest absolute Gasteiger partial charge is 0.310 e. The Kier molecular flexibility index (Phi) is 4.44. The van der Waals surface area contributed by atoms with Gasteiger partial charge < -0.3 is 4.74 Å². The Labute approximate surface area is 110 Å². The third-order valence-electron chi connectivity index (χ3n) is 2.09. The first-order valence-corrected chi connectivity index (χ1v) is 5.55. The van der Waals surface area contributed by atoms with Gasteiger partial charge in [-0.25, -0.2) is 5.48 Å². The zero-order valence-electron chi connectivity index (χ0n) is 11.2. The van der Waals surface area contributed by atoms with E-state index in [0.717, 1.165) is 0 Å². The average Bonchev–Trinajstić information content (AvgIpc) is 2.34. The molecule has 1 amide bonds. The Bertz CT molecular complexity index is 493. The minimum atomic E-state index is -0.577. The number of nitrogens with zero attached hydrogens (tertiary/aromatic N) is 1. The van der Waals surface area contributed by atoms with Crippen molar-refractivity contribution in [3.05, 3.63) is 33.9 Å². The Balaban J connectivity index is 2.90. The molecule has 0 spiro atoms. The number of nitro benzene ring substituents is 1. The molecule has 0 aliphatic carbocycles. The molecule has 0 aromatic heterocycles. The summed E-state index contributed by atoms with van der Waals surface area (Å²) in [4.78, 5) is 27.0. The van der Waals surface area contributed by atoms with E-state index >= 15 is 0 Å². The van der Waals surface area contributed by atoms with Gasteiger partial charge in [0.2, 0.25) is 0 Å². The fourth-order valence-corrected chi connectivity index (χ4v) is 1.23. The summed E-state index contributed by atoms with van der Waals surface area (Å²) in [6.07, 6.45) is 0. The molecular weight excluding hydrogens is 252 g/mol. The molecule has 1 rings (SSSR count). The second kappa shape index (κ2) is 5.66. The summed E-state index contributed by atoms with van der Waals surface area (Å²) in [7, 11) is 1.30. The predicted molar refractivity (Wildman–Crippen MR) is 68.0 cm³/mol. The number of methoxy groups -OCH3 is 1. The first-order chi connectivity index (χ1) is 8.74. The number of hydroxylamine groups is 1. The molecule has 1 aromatic carbocycles. The number of ether oxygens (including phenoxy) is 1. The second-order valence-corrected chi connectivity index (χ2v) is 4.79. The van der Waals surface area contributed by atoms with Crippen LogP contribution < -0.4 is 10.2 Å². The quantitative estimate of drug-likeness (QED) is 0.666. The van der Waals surface area contributed by atoms with Crippen LogP contribution in [-0.2, 0) is 4.84 Å². The van der Waals surface area contributed by atoms with Crippen LogP contribution in [0.2, 0.25) is 0 Å². The maximum absolute atomic E-state index is 11.8. The second-order valence-electron chi connectivity index (χ2n) is 4.79. The van der Waals surface area contributed by atoms with Gasteiger partial charge in [-0.1, -0.05) is 0 Å². The van der Waals surface area contributed by atoms with Gasteiger partial charge in [0.15, 0.2) is 5.75 Å². The Morgan fingerprint density at radius 1 is 1.37 bits per heavy atom. The van der Waals surface area contributed by atoms with Crippen LogP contribution in [0.15, 0.2) is 18.2 Å². The lowest BCUT2D eigenvalue weighted by molar-refractivity contribution is -0.385. The van der Waals surface area contributed by atoms with E-state index in [1.54, 1.807) is 20.8 Å². The number of hydrogen-bond acceptors (Lipinski definition) is 5. The summed E-state index contributed by atoms with van der Waals surface area (Å²) in [6, 6.07) is 3.84. The van der Waals surface area contributed by atoms with Gasteiger partial charge in [-0.3, -0.25) is 19.7 Å². The summed E-state index contributed by atoms with van der Waals surface area (Å²) in [5.74, 6) is -0.475. The van der Waals surface area contributed by atoms with E-state index in [4.69, 9.17) is 9.57 Å². The third-order valence-corrected chi connectivity index (χ3v) is 2.09. The van der Waals surface area contributed by atoms with Crippen LogP contribution in [0.4, 0.5) is 5.69 Å². The lowest BCUT2D eigenvalue weighted by Gasteiger charge is -2.18. The first kappa shape index (κ1) is 14.9. The van der Waals surface area contributed by atoms with E-state index in [1.807, 2.05) is 0 Å². The lowest BCUT2D eigenvalue weighted by atomic mass is 10.2. The maximum atomic E-state index is 11.8. The molecule has 1 N–H and O–H groups in total. The highest BCUT2D eigenvalue weighted by molar-refractivity contribution is 5.94. The number of nitrogens with one attached hydrogen (secondary N) is 1. The third kappa shape index (κ3) is 4.22. The van der Waals surface area contributed by atoms with E-state index in [1.165, 1.54) is 25.3 Å². The monoisotopic (exact) mass is 268 g/mol. The first-order valence-electron chi connectivity index (χ1n) is 5.55. The number of carbonyl (C=O) groups excluding carboxylic acids is 1. The molecule has 7 nitrogen and oxygen atoms in total. The van der Waals surface area contributed by atoms with Crippen molar-refractivity contribution in [1.82, 2.24) is 5.48 Å². The summed E-state index contributed by atoms with van der Waals surface area (Å²) in [5.41, 5.74) is 1.76. The summed E-state index contributed by atoms with van der Waals surface area (Å²) in [5, 5.41) is 10.7. The van der Waals surface area contributed by atoms with Crippen LogP contribution in [0, 0.1) is 10.1 Å². The number of amides is 1. The summed E-state index contributed by atoms with van der Waals surface area (Å²) in [6.45, 7) is 5.34. The van der Waals surface area contributed by atoms with Crippen molar-refractivity contribution in [2.24, 2.45) is 0 Å². The number of benzene rings is 1. The van der Waals surface area contributed by atoms with E-state index in [-0.39, 0.29) is 17.0 Å². The predicted octanol–water partition coefficient (Wildman–Crippen LogP) is 2.06. The SMILES string of the molecule is COc1cc(C(=O)NOC(C)(C)C)ccc1[N+](=O)[O-]. The van der Waals surface area contributed by atoms with Gasteiger partial charge in [-0.15, -0.1) is 0 Å². The van der Waals surface area contributed by atoms with Gasteiger partial charge in [-0.2, -0.15) is 0 Å². The molecule has 19 heavy (non-hydrogen) atoms. The molecule has 0 saturated heterocycles. The molecule has 7 heteroatoms. The normalized spacial score (nSPS) is 10.9. The van der Waals surface area contributed by atoms with Crippen molar-refractivity contribution in [3.8, 4) is 5.75 Å². The van der Waals surface area contributed by atoms with E-state index in [9.17, 15) is 14.9 Å². The fourth-order valence-electron chi connectivity index (χ4n) is 1.23. The van der Waals surface area contributed by atoms with Crippen LogP contribution in [0.1, 0.15) is 31.1 Å². The number of rotatable bonds is 4. The highest BCUT2D eigenvalue weighted by Gasteiger charge is 2.19. The van der Waals surface area contributed by atoms with Crippen LogP contribution in [0.3, 0.4) is 0 Å². The highest BCUT2D eigenvalue weighted by atomic mass is 16.7. The minimum absolute atomic E-state index is 0.0217. The Hall–Kier alpha value is -2.15. The zero-order chi connectivity index (χ0) is 14.6. The molecule has 104 valence electrons. The topological polar surface area (TPSA) is 90.7 Å². The number of nitro groups is 1. The van der Waals surface area contributed by atoms with E-state index in [2.05, 4.69) is 5.48 Å². The standard InChI is InChI=1S/C12H16N2O5/c1-12(2,3)19-13-11(15)8-5-6-9(14(16)17)10(7-8)18-4/h5-7H,1-4H3,(H,13,15). The molecule has 0 heterocycles. The molecule has 0 fully saturated rings. The van der Waals surface area contributed by atoms with Gasteiger partial charge in [0.05, 0.1) is 17.6 Å². The van der Waals surface area contributed by atoms with Crippen molar-refractivity contribution in [2.75, 3.05) is 7.11 Å².